The highest BCUT2D eigenvalue weighted by Gasteiger charge is 2.16. The Morgan fingerprint density at radius 1 is 1.35 bits per heavy atom. The molecule has 1 aliphatic rings. The smallest absolute Gasteiger partial charge is 0.0157 e. The Bertz CT molecular complexity index is 179. The highest BCUT2D eigenvalue weighted by molar-refractivity contribution is 7.98. The Kier molecular flexibility index (Phi) is 8.33. The van der Waals surface area contributed by atoms with Gasteiger partial charge in [0.15, 0.2) is 0 Å². The van der Waals surface area contributed by atoms with Gasteiger partial charge in [-0.3, -0.25) is 0 Å². The fraction of sp³-hybridized carbons (Fsp3) is 1.00. The van der Waals surface area contributed by atoms with Crippen molar-refractivity contribution < 1.29 is 0 Å². The summed E-state index contributed by atoms with van der Waals surface area (Å²) in [5.41, 5.74) is 0. The maximum atomic E-state index is 3.77. The maximum absolute atomic E-state index is 3.77. The summed E-state index contributed by atoms with van der Waals surface area (Å²) >= 11 is 1.95. The molecule has 1 heterocycles. The van der Waals surface area contributed by atoms with Gasteiger partial charge in [0.1, 0.15) is 0 Å². The van der Waals surface area contributed by atoms with Crippen molar-refractivity contribution in [2.75, 3.05) is 18.6 Å². The van der Waals surface area contributed by atoms with E-state index in [0.717, 1.165) is 6.04 Å². The minimum absolute atomic E-state index is 0.641. The summed E-state index contributed by atoms with van der Waals surface area (Å²) in [5, 5.41) is 7.46. The van der Waals surface area contributed by atoms with Gasteiger partial charge in [-0.2, -0.15) is 11.8 Å². The lowest BCUT2D eigenvalue weighted by Gasteiger charge is -2.25. The summed E-state index contributed by atoms with van der Waals surface area (Å²) in [6.45, 7) is 5.85. The minimum atomic E-state index is 0.641. The zero-order valence-electron chi connectivity index (χ0n) is 11.8. The van der Waals surface area contributed by atoms with Crippen molar-refractivity contribution in [1.29, 1.82) is 0 Å². The molecule has 3 atom stereocenters. The molecule has 0 aromatic heterocycles. The highest BCUT2D eigenvalue weighted by atomic mass is 32.2. The third kappa shape index (κ3) is 6.68. The van der Waals surface area contributed by atoms with Gasteiger partial charge in [-0.05, 0) is 45.4 Å². The largest absolute Gasteiger partial charge is 0.314 e. The van der Waals surface area contributed by atoms with E-state index in [1.807, 2.05) is 11.8 Å². The molecule has 0 spiro atoms. The van der Waals surface area contributed by atoms with E-state index < -0.39 is 0 Å². The molecule has 3 heteroatoms. The van der Waals surface area contributed by atoms with E-state index in [1.54, 1.807) is 0 Å². The third-order valence-electron chi connectivity index (χ3n) is 3.68. The molecule has 0 amide bonds. The van der Waals surface area contributed by atoms with Crippen LogP contribution in [-0.2, 0) is 0 Å². The maximum Gasteiger partial charge on any atom is 0.0157 e. The van der Waals surface area contributed by atoms with Crippen LogP contribution >= 0.6 is 11.8 Å². The van der Waals surface area contributed by atoms with Crippen LogP contribution in [0.4, 0.5) is 0 Å². The van der Waals surface area contributed by atoms with E-state index in [-0.39, 0.29) is 0 Å². The first-order valence-corrected chi connectivity index (χ1v) is 8.64. The van der Waals surface area contributed by atoms with Crippen molar-refractivity contribution >= 4 is 11.8 Å². The van der Waals surface area contributed by atoms with Crippen molar-refractivity contribution in [1.82, 2.24) is 10.6 Å². The predicted molar refractivity (Wildman–Crippen MR) is 79.9 cm³/mol. The molecule has 0 bridgehead atoms. The van der Waals surface area contributed by atoms with Crippen LogP contribution in [0.25, 0.3) is 0 Å². The van der Waals surface area contributed by atoms with Crippen molar-refractivity contribution in [3.63, 3.8) is 0 Å². The normalized spacial score (nSPS) is 25.2. The zero-order chi connectivity index (χ0) is 12.5. The van der Waals surface area contributed by atoms with Gasteiger partial charge >= 0.3 is 0 Å². The zero-order valence-corrected chi connectivity index (χ0v) is 12.6. The average Bonchev–Trinajstić information content (AvgIpc) is 2.57. The molecule has 102 valence electrons. The summed E-state index contributed by atoms with van der Waals surface area (Å²) < 4.78 is 0. The number of hydrogen-bond donors (Lipinski definition) is 2. The highest BCUT2D eigenvalue weighted by Crippen LogP contribution is 2.13. The summed E-state index contributed by atoms with van der Waals surface area (Å²) in [7, 11) is 0. The lowest BCUT2D eigenvalue weighted by molar-refractivity contribution is 0.376. The van der Waals surface area contributed by atoms with Gasteiger partial charge < -0.3 is 10.6 Å². The second-order valence-corrected chi connectivity index (χ2v) is 6.27. The lowest BCUT2D eigenvalue weighted by atomic mass is 10.0. The molecule has 1 rings (SSSR count). The average molecular weight is 258 g/mol. The molecule has 0 aromatic rings. The number of thioether (sulfide) groups is 1. The van der Waals surface area contributed by atoms with Crippen LogP contribution in [0, 0.1) is 0 Å². The van der Waals surface area contributed by atoms with E-state index in [1.165, 1.54) is 50.8 Å². The molecule has 17 heavy (non-hydrogen) atoms. The van der Waals surface area contributed by atoms with Crippen LogP contribution < -0.4 is 10.6 Å². The summed E-state index contributed by atoms with van der Waals surface area (Å²) in [4.78, 5) is 0. The SMILES string of the molecule is CCC(CSC)NC(C)CC1CCCCCN1. The van der Waals surface area contributed by atoms with E-state index in [2.05, 4.69) is 30.7 Å². The second kappa shape index (κ2) is 9.23. The molecule has 0 radical (unpaired) electrons. The first kappa shape index (κ1) is 15.3. The van der Waals surface area contributed by atoms with E-state index in [9.17, 15) is 0 Å². The van der Waals surface area contributed by atoms with Crippen molar-refractivity contribution in [3.05, 3.63) is 0 Å². The van der Waals surface area contributed by atoms with Gasteiger partial charge in [0.25, 0.3) is 0 Å². The Labute approximate surface area is 112 Å². The van der Waals surface area contributed by atoms with Crippen molar-refractivity contribution in [3.8, 4) is 0 Å². The topological polar surface area (TPSA) is 24.1 Å². The monoisotopic (exact) mass is 258 g/mol. The van der Waals surface area contributed by atoms with Crippen LogP contribution in [0.5, 0.6) is 0 Å². The molecular formula is C14H30N2S. The third-order valence-corrected chi connectivity index (χ3v) is 4.42. The molecule has 0 saturated carbocycles. The van der Waals surface area contributed by atoms with Crippen molar-refractivity contribution in [2.45, 2.75) is 70.5 Å². The summed E-state index contributed by atoms with van der Waals surface area (Å²) in [6, 6.07) is 2.07. The molecule has 3 unspecified atom stereocenters. The Balaban J connectivity index is 2.23. The van der Waals surface area contributed by atoms with E-state index >= 15 is 0 Å². The summed E-state index contributed by atoms with van der Waals surface area (Å²) in [5.74, 6) is 1.24. The Morgan fingerprint density at radius 2 is 2.18 bits per heavy atom. The molecule has 2 N–H and O–H groups in total. The fourth-order valence-electron chi connectivity index (χ4n) is 2.68. The van der Waals surface area contributed by atoms with Gasteiger partial charge in [-0.25, -0.2) is 0 Å². The molecule has 1 aliphatic heterocycles. The number of rotatable bonds is 7. The van der Waals surface area contributed by atoms with E-state index in [4.69, 9.17) is 0 Å². The van der Waals surface area contributed by atoms with Gasteiger partial charge in [-0.1, -0.05) is 19.8 Å². The molecular weight excluding hydrogens is 228 g/mol. The first-order valence-electron chi connectivity index (χ1n) is 7.24. The van der Waals surface area contributed by atoms with Crippen LogP contribution in [0.2, 0.25) is 0 Å². The fourth-order valence-corrected chi connectivity index (χ4v) is 3.42. The Hall–Kier alpha value is 0.270. The first-order chi connectivity index (χ1) is 8.26. The molecule has 1 fully saturated rings. The van der Waals surface area contributed by atoms with E-state index in [0.29, 0.717) is 12.1 Å². The standard InChI is InChI=1S/C14H30N2S/c1-4-13(11-17-3)16-12(2)10-14-8-6-5-7-9-15-14/h12-16H,4-11H2,1-3H3. The molecule has 0 aromatic carbocycles. The quantitative estimate of drug-likeness (QED) is 0.734. The van der Waals surface area contributed by atoms with Crippen LogP contribution in [-0.4, -0.2) is 36.7 Å². The molecule has 0 aliphatic carbocycles. The van der Waals surface area contributed by atoms with Crippen LogP contribution in [0.15, 0.2) is 0 Å². The van der Waals surface area contributed by atoms with Gasteiger partial charge in [0.2, 0.25) is 0 Å². The van der Waals surface area contributed by atoms with Gasteiger partial charge in [-0.15, -0.1) is 0 Å². The van der Waals surface area contributed by atoms with Gasteiger partial charge in [0.05, 0.1) is 0 Å². The lowest BCUT2D eigenvalue weighted by Crippen LogP contribution is -2.42. The number of nitrogens with one attached hydrogen (secondary N) is 2. The van der Waals surface area contributed by atoms with Crippen LogP contribution in [0.1, 0.15) is 52.4 Å². The molecule has 2 nitrogen and oxygen atoms in total. The predicted octanol–water partition coefficient (Wildman–Crippen LogP) is 3.03. The summed E-state index contributed by atoms with van der Waals surface area (Å²) in [6.07, 6.45) is 10.3. The molecule has 1 saturated heterocycles. The minimum Gasteiger partial charge on any atom is -0.314 e. The number of hydrogen-bond acceptors (Lipinski definition) is 3. The Morgan fingerprint density at radius 3 is 2.88 bits per heavy atom. The van der Waals surface area contributed by atoms with Crippen LogP contribution in [0.3, 0.4) is 0 Å². The van der Waals surface area contributed by atoms with Gasteiger partial charge in [0, 0.05) is 23.9 Å². The van der Waals surface area contributed by atoms with Crippen molar-refractivity contribution in [2.24, 2.45) is 0 Å². The second-order valence-electron chi connectivity index (χ2n) is 5.36.